The molecule has 0 aliphatic heterocycles. The van der Waals surface area contributed by atoms with E-state index in [1.165, 1.54) is 13.8 Å². The molecule has 0 aliphatic rings. The Hall–Kier alpha value is -1.45. The highest BCUT2D eigenvalue weighted by Crippen LogP contribution is 1.96. The Morgan fingerprint density at radius 3 is 1.55 bits per heavy atom. The number of hydrogen-bond donors (Lipinski definition) is 1. The molecular formula is C7H9NO3. The van der Waals surface area contributed by atoms with E-state index in [1.807, 2.05) is 0 Å². The molecule has 0 aromatic heterocycles. The third-order valence-corrected chi connectivity index (χ3v) is 1.05. The monoisotopic (exact) mass is 155 g/mol. The first-order valence-corrected chi connectivity index (χ1v) is 2.98. The molecule has 0 bridgehead atoms. The largest absolute Gasteiger partial charge is 0.366 e. The summed E-state index contributed by atoms with van der Waals surface area (Å²) in [6, 6.07) is 0. The summed E-state index contributed by atoms with van der Waals surface area (Å²) in [5.74, 6) is -1.68. The average molecular weight is 155 g/mol. The fraction of sp³-hybridized carbons (Fsp3) is 0.286. The molecule has 2 N–H and O–H groups in total. The minimum atomic E-state index is -0.787. The molecule has 4 nitrogen and oxygen atoms in total. The van der Waals surface area contributed by atoms with Crippen LogP contribution in [0.4, 0.5) is 0 Å². The maximum Gasteiger partial charge on any atom is 0.242 e. The van der Waals surface area contributed by atoms with Crippen molar-refractivity contribution in [2.45, 2.75) is 13.8 Å². The van der Waals surface area contributed by atoms with Crippen LogP contribution in [0.3, 0.4) is 0 Å². The van der Waals surface area contributed by atoms with Gasteiger partial charge in [-0.15, -0.1) is 0 Å². The van der Waals surface area contributed by atoms with Crippen LogP contribution in [0.15, 0.2) is 11.6 Å². The second-order valence-electron chi connectivity index (χ2n) is 2.07. The van der Waals surface area contributed by atoms with E-state index in [1.54, 1.807) is 0 Å². The smallest absolute Gasteiger partial charge is 0.242 e. The van der Waals surface area contributed by atoms with Gasteiger partial charge in [0.2, 0.25) is 5.91 Å². The molecule has 0 atom stereocenters. The Morgan fingerprint density at radius 2 is 1.45 bits per heavy atom. The Labute approximate surface area is 64.1 Å². The highest BCUT2D eigenvalue weighted by molar-refractivity contribution is 6.21. The van der Waals surface area contributed by atoms with Gasteiger partial charge in [-0.3, -0.25) is 14.4 Å². The van der Waals surface area contributed by atoms with Gasteiger partial charge >= 0.3 is 0 Å². The minimum Gasteiger partial charge on any atom is -0.366 e. The first kappa shape index (κ1) is 9.55. The van der Waals surface area contributed by atoms with E-state index in [9.17, 15) is 14.4 Å². The van der Waals surface area contributed by atoms with E-state index >= 15 is 0 Å². The van der Waals surface area contributed by atoms with Crippen molar-refractivity contribution >= 4 is 17.5 Å². The normalized spacial score (nSPS) is 8.55. The van der Waals surface area contributed by atoms with Crippen molar-refractivity contribution in [3.8, 4) is 0 Å². The maximum absolute atomic E-state index is 10.6. The van der Waals surface area contributed by atoms with Gasteiger partial charge in [-0.1, -0.05) is 0 Å². The molecule has 0 aromatic carbocycles. The molecule has 4 heteroatoms. The van der Waals surface area contributed by atoms with Gasteiger partial charge in [-0.2, -0.15) is 0 Å². The predicted octanol–water partition coefficient (Wildman–Crippen LogP) is -0.424. The first-order chi connectivity index (χ1) is 4.95. The predicted molar refractivity (Wildman–Crippen MR) is 38.6 cm³/mol. The molecule has 0 aromatic rings. The average Bonchev–Trinajstić information content (AvgIpc) is 1.81. The first-order valence-electron chi connectivity index (χ1n) is 2.98. The zero-order valence-corrected chi connectivity index (χ0v) is 6.38. The van der Waals surface area contributed by atoms with Crippen molar-refractivity contribution in [2.24, 2.45) is 5.73 Å². The van der Waals surface area contributed by atoms with E-state index in [0.717, 1.165) is 6.08 Å². The fourth-order valence-electron chi connectivity index (χ4n) is 0.593. The van der Waals surface area contributed by atoms with Crippen LogP contribution >= 0.6 is 0 Å². The number of nitrogens with two attached hydrogens (primary N) is 1. The van der Waals surface area contributed by atoms with Crippen molar-refractivity contribution in [3.05, 3.63) is 11.6 Å². The number of rotatable bonds is 3. The third kappa shape index (κ3) is 3.30. The molecule has 1 amide bonds. The topological polar surface area (TPSA) is 77.2 Å². The summed E-state index contributed by atoms with van der Waals surface area (Å²) in [7, 11) is 0. The summed E-state index contributed by atoms with van der Waals surface area (Å²) in [6.07, 6.45) is 0.838. The number of amides is 1. The van der Waals surface area contributed by atoms with Crippen molar-refractivity contribution in [2.75, 3.05) is 0 Å². The van der Waals surface area contributed by atoms with Crippen LogP contribution in [0.25, 0.3) is 0 Å². The number of allylic oxidation sites excluding steroid dienone is 1. The highest BCUT2D eigenvalue weighted by Gasteiger charge is 2.09. The third-order valence-electron chi connectivity index (χ3n) is 1.05. The molecule has 0 rings (SSSR count). The summed E-state index contributed by atoms with van der Waals surface area (Å²) in [5, 5.41) is 0. The van der Waals surface area contributed by atoms with Crippen LogP contribution in [-0.4, -0.2) is 17.5 Å². The van der Waals surface area contributed by atoms with Crippen molar-refractivity contribution in [1.29, 1.82) is 0 Å². The van der Waals surface area contributed by atoms with E-state index in [2.05, 4.69) is 0 Å². The zero-order valence-electron chi connectivity index (χ0n) is 6.38. The number of ketones is 2. The Bertz CT molecular complexity index is 224. The van der Waals surface area contributed by atoms with Crippen LogP contribution in [0.2, 0.25) is 0 Å². The lowest BCUT2D eigenvalue weighted by molar-refractivity contribution is -0.120. The molecule has 60 valence electrons. The number of hydrogen-bond acceptors (Lipinski definition) is 3. The molecule has 0 aliphatic carbocycles. The molecule has 11 heavy (non-hydrogen) atoms. The number of carbonyl (C=O) groups is 3. The summed E-state index contributed by atoms with van der Waals surface area (Å²) in [5.41, 5.74) is 4.59. The fourth-order valence-corrected chi connectivity index (χ4v) is 0.593. The van der Waals surface area contributed by atoms with Gasteiger partial charge in [0.25, 0.3) is 0 Å². The van der Waals surface area contributed by atoms with Crippen molar-refractivity contribution < 1.29 is 14.4 Å². The van der Waals surface area contributed by atoms with Crippen molar-refractivity contribution in [1.82, 2.24) is 0 Å². The van der Waals surface area contributed by atoms with E-state index in [0.29, 0.717) is 0 Å². The van der Waals surface area contributed by atoms with E-state index in [-0.39, 0.29) is 5.57 Å². The van der Waals surface area contributed by atoms with Gasteiger partial charge in [0.1, 0.15) is 0 Å². The Balaban J connectivity index is 4.75. The van der Waals surface area contributed by atoms with Gasteiger partial charge in [-0.25, -0.2) is 0 Å². The number of primary amides is 1. The van der Waals surface area contributed by atoms with Crippen LogP contribution in [0, 0.1) is 0 Å². The summed E-state index contributed by atoms with van der Waals surface area (Å²) in [4.78, 5) is 31.5. The van der Waals surface area contributed by atoms with Crippen LogP contribution in [0.1, 0.15) is 13.8 Å². The molecule has 0 saturated carbocycles. The summed E-state index contributed by atoms with van der Waals surface area (Å²) in [6.45, 7) is 2.41. The summed E-state index contributed by atoms with van der Waals surface area (Å²) < 4.78 is 0. The Kier molecular flexibility index (Phi) is 3.17. The minimum absolute atomic E-state index is 0.155. The van der Waals surface area contributed by atoms with Gasteiger partial charge in [0.05, 0.1) is 5.57 Å². The van der Waals surface area contributed by atoms with Gasteiger partial charge in [-0.05, 0) is 13.8 Å². The van der Waals surface area contributed by atoms with Crippen molar-refractivity contribution in [3.63, 3.8) is 0 Å². The summed E-state index contributed by atoms with van der Waals surface area (Å²) >= 11 is 0. The second-order valence-corrected chi connectivity index (χ2v) is 2.07. The molecule has 0 radical (unpaired) electrons. The van der Waals surface area contributed by atoms with Crippen LogP contribution in [-0.2, 0) is 14.4 Å². The molecule has 0 heterocycles. The SMILES string of the molecule is CC(=O)C(=CC(N)=O)C(C)=O. The van der Waals surface area contributed by atoms with Crippen LogP contribution in [0.5, 0.6) is 0 Å². The number of carbonyl (C=O) groups excluding carboxylic acids is 3. The molecule has 0 saturated heterocycles. The second kappa shape index (κ2) is 3.65. The zero-order chi connectivity index (χ0) is 9.02. The highest BCUT2D eigenvalue weighted by atomic mass is 16.2. The van der Waals surface area contributed by atoms with Crippen LogP contribution < -0.4 is 5.73 Å². The Morgan fingerprint density at radius 1 is 1.09 bits per heavy atom. The number of Topliss-reactive ketones (excluding diaryl/α,β-unsaturated/α-hetero) is 2. The van der Waals surface area contributed by atoms with Gasteiger partial charge < -0.3 is 5.73 Å². The van der Waals surface area contributed by atoms with E-state index in [4.69, 9.17) is 5.73 Å². The van der Waals surface area contributed by atoms with E-state index < -0.39 is 17.5 Å². The molecule has 0 fully saturated rings. The van der Waals surface area contributed by atoms with Gasteiger partial charge in [0.15, 0.2) is 11.6 Å². The standard InChI is InChI=1S/C7H9NO3/c1-4(9)6(5(2)10)3-7(8)11/h3H,1-2H3,(H2,8,11). The lowest BCUT2D eigenvalue weighted by Crippen LogP contribution is -2.13. The quantitative estimate of drug-likeness (QED) is 0.341. The lowest BCUT2D eigenvalue weighted by atomic mass is 10.1. The maximum atomic E-state index is 10.6. The molecule has 0 spiro atoms. The van der Waals surface area contributed by atoms with Gasteiger partial charge in [0, 0.05) is 6.08 Å². The molecule has 0 unspecified atom stereocenters. The lowest BCUT2D eigenvalue weighted by Gasteiger charge is -1.93. The molecular weight excluding hydrogens is 146 g/mol.